The normalized spacial score (nSPS) is 13.4. The standard InChI is InChI=1S/C17H25NO5/c1-18(2)17(22)16(21)15(20)14(19)10-6-7-11-23-12-13-8-4-3-5-9-13/h3-5,8-9,15-16,20-21H,6-7,10-12H2,1-2H3/t15-,16+/m0/s1. The summed E-state index contributed by atoms with van der Waals surface area (Å²) in [4.78, 5) is 24.4. The van der Waals surface area contributed by atoms with Crippen molar-refractivity contribution >= 4 is 11.7 Å². The van der Waals surface area contributed by atoms with Crippen molar-refractivity contribution in [2.45, 2.75) is 38.1 Å². The van der Waals surface area contributed by atoms with Gasteiger partial charge in [-0.05, 0) is 18.4 Å². The molecule has 0 aliphatic heterocycles. The summed E-state index contributed by atoms with van der Waals surface area (Å²) in [6, 6.07) is 9.78. The number of unbranched alkanes of at least 4 members (excludes halogenated alkanes) is 1. The van der Waals surface area contributed by atoms with Gasteiger partial charge in [0.1, 0.15) is 6.10 Å². The van der Waals surface area contributed by atoms with Crippen molar-refractivity contribution in [1.82, 2.24) is 4.90 Å². The number of likely N-dealkylation sites (N-methyl/N-ethyl adjacent to an activating group) is 1. The van der Waals surface area contributed by atoms with Gasteiger partial charge in [0, 0.05) is 27.1 Å². The van der Waals surface area contributed by atoms with Gasteiger partial charge in [0.05, 0.1) is 6.61 Å². The summed E-state index contributed by atoms with van der Waals surface area (Å²) in [5.74, 6) is -1.21. The second-order valence-corrected chi connectivity index (χ2v) is 5.58. The van der Waals surface area contributed by atoms with Crippen molar-refractivity contribution in [1.29, 1.82) is 0 Å². The van der Waals surface area contributed by atoms with Crippen molar-refractivity contribution in [3.8, 4) is 0 Å². The predicted octanol–water partition coefficient (Wildman–Crippen LogP) is 0.753. The lowest BCUT2D eigenvalue weighted by molar-refractivity contribution is -0.150. The Morgan fingerprint density at radius 1 is 1.09 bits per heavy atom. The first-order valence-corrected chi connectivity index (χ1v) is 7.65. The fraction of sp³-hybridized carbons (Fsp3) is 0.529. The summed E-state index contributed by atoms with van der Waals surface area (Å²) < 4.78 is 5.50. The molecule has 1 aromatic rings. The minimum absolute atomic E-state index is 0.105. The molecule has 1 aromatic carbocycles. The molecule has 0 saturated heterocycles. The van der Waals surface area contributed by atoms with Crippen molar-refractivity contribution in [2.24, 2.45) is 0 Å². The lowest BCUT2D eigenvalue weighted by Crippen LogP contribution is -2.45. The van der Waals surface area contributed by atoms with Gasteiger partial charge in [-0.15, -0.1) is 0 Å². The summed E-state index contributed by atoms with van der Waals surface area (Å²) in [6.07, 6.45) is -2.06. The first-order chi connectivity index (χ1) is 10.9. The molecule has 1 amide bonds. The van der Waals surface area contributed by atoms with Gasteiger partial charge in [0.25, 0.3) is 5.91 Å². The Kier molecular flexibility index (Phi) is 8.47. The van der Waals surface area contributed by atoms with Gasteiger partial charge in [0.15, 0.2) is 11.9 Å². The number of rotatable bonds is 10. The molecule has 0 spiro atoms. The van der Waals surface area contributed by atoms with E-state index >= 15 is 0 Å². The number of hydrogen-bond donors (Lipinski definition) is 2. The summed E-state index contributed by atoms with van der Waals surface area (Å²) in [6.45, 7) is 1.03. The molecule has 2 atom stereocenters. The maximum atomic E-state index is 11.7. The number of amides is 1. The zero-order valence-electron chi connectivity index (χ0n) is 13.6. The highest BCUT2D eigenvalue weighted by Crippen LogP contribution is 2.07. The molecule has 2 N–H and O–H groups in total. The number of aliphatic hydroxyl groups excluding tert-OH is 2. The highest BCUT2D eigenvalue weighted by Gasteiger charge is 2.30. The zero-order chi connectivity index (χ0) is 17.2. The summed E-state index contributed by atoms with van der Waals surface area (Å²) >= 11 is 0. The van der Waals surface area contributed by atoms with Crippen LogP contribution in [0.15, 0.2) is 30.3 Å². The molecule has 23 heavy (non-hydrogen) atoms. The lowest BCUT2D eigenvalue weighted by Gasteiger charge is -2.19. The third kappa shape index (κ3) is 6.90. The van der Waals surface area contributed by atoms with Crippen LogP contribution in [0.3, 0.4) is 0 Å². The Morgan fingerprint density at radius 2 is 1.74 bits per heavy atom. The molecule has 0 saturated carbocycles. The maximum absolute atomic E-state index is 11.7. The highest BCUT2D eigenvalue weighted by atomic mass is 16.5. The molecule has 1 rings (SSSR count). The quantitative estimate of drug-likeness (QED) is 0.621. The second kappa shape index (κ2) is 10.1. The van der Waals surface area contributed by atoms with Crippen molar-refractivity contribution in [3.63, 3.8) is 0 Å². The van der Waals surface area contributed by atoms with E-state index in [1.807, 2.05) is 30.3 Å². The minimum atomic E-state index is -1.70. The van der Waals surface area contributed by atoms with E-state index in [1.165, 1.54) is 14.1 Å². The molecule has 0 aliphatic carbocycles. The molecule has 0 fully saturated rings. The van der Waals surface area contributed by atoms with Crippen LogP contribution in [0.4, 0.5) is 0 Å². The molecule has 0 heterocycles. The number of benzene rings is 1. The van der Waals surface area contributed by atoms with Crippen molar-refractivity contribution in [3.05, 3.63) is 35.9 Å². The molecule has 128 valence electrons. The third-order valence-corrected chi connectivity index (χ3v) is 3.40. The average Bonchev–Trinajstić information content (AvgIpc) is 2.56. The first-order valence-electron chi connectivity index (χ1n) is 7.65. The van der Waals surface area contributed by atoms with Crippen LogP contribution in [0.2, 0.25) is 0 Å². The van der Waals surface area contributed by atoms with Crippen LogP contribution in [0, 0.1) is 0 Å². The smallest absolute Gasteiger partial charge is 0.254 e. The van der Waals surface area contributed by atoms with Gasteiger partial charge in [-0.1, -0.05) is 30.3 Å². The number of ketones is 1. The Hall–Kier alpha value is -1.76. The molecule has 6 heteroatoms. The Bertz CT molecular complexity index is 489. The minimum Gasteiger partial charge on any atom is -0.382 e. The Morgan fingerprint density at radius 3 is 2.35 bits per heavy atom. The van der Waals surface area contributed by atoms with E-state index in [-0.39, 0.29) is 6.42 Å². The van der Waals surface area contributed by atoms with Gasteiger partial charge in [-0.2, -0.15) is 0 Å². The van der Waals surface area contributed by atoms with Gasteiger partial charge in [-0.3, -0.25) is 9.59 Å². The summed E-state index contributed by atoms with van der Waals surface area (Å²) in [7, 11) is 2.90. The third-order valence-electron chi connectivity index (χ3n) is 3.40. The number of aliphatic hydroxyl groups is 2. The molecule has 0 aliphatic rings. The van der Waals surface area contributed by atoms with Crippen molar-refractivity contribution in [2.75, 3.05) is 20.7 Å². The summed E-state index contributed by atoms with van der Waals surface area (Å²) in [5.41, 5.74) is 1.09. The van der Waals surface area contributed by atoms with Crippen LogP contribution in [-0.2, 0) is 20.9 Å². The van der Waals surface area contributed by atoms with E-state index in [9.17, 15) is 19.8 Å². The molecule has 6 nitrogen and oxygen atoms in total. The molecular weight excluding hydrogens is 298 g/mol. The van der Waals surface area contributed by atoms with Gasteiger partial charge >= 0.3 is 0 Å². The van der Waals surface area contributed by atoms with Crippen molar-refractivity contribution < 1.29 is 24.5 Å². The monoisotopic (exact) mass is 323 g/mol. The Balaban J connectivity index is 2.17. The fourth-order valence-corrected chi connectivity index (χ4v) is 1.99. The van der Waals surface area contributed by atoms with E-state index in [0.717, 1.165) is 10.5 Å². The fourth-order valence-electron chi connectivity index (χ4n) is 1.99. The van der Waals surface area contributed by atoms with Crippen LogP contribution in [0.5, 0.6) is 0 Å². The van der Waals surface area contributed by atoms with Crippen LogP contribution in [-0.4, -0.2) is 59.7 Å². The highest BCUT2D eigenvalue weighted by molar-refractivity contribution is 5.91. The van der Waals surface area contributed by atoms with E-state index in [4.69, 9.17) is 4.74 Å². The predicted molar refractivity (Wildman–Crippen MR) is 85.7 cm³/mol. The van der Waals surface area contributed by atoms with Crippen LogP contribution in [0.1, 0.15) is 24.8 Å². The number of carbonyl (C=O) groups is 2. The zero-order valence-corrected chi connectivity index (χ0v) is 13.6. The molecule has 0 unspecified atom stereocenters. The first kappa shape index (κ1) is 19.3. The SMILES string of the molecule is CN(C)C(=O)[C@H](O)[C@@H](O)C(=O)CCCCOCc1ccccc1. The number of hydrogen-bond acceptors (Lipinski definition) is 5. The maximum Gasteiger partial charge on any atom is 0.254 e. The average molecular weight is 323 g/mol. The number of Topliss-reactive ketones (excluding diaryl/α,β-unsaturated/α-hetero) is 1. The van der Waals surface area contributed by atoms with Gasteiger partial charge in [0.2, 0.25) is 0 Å². The van der Waals surface area contributed by atoms with E-state index in [0.29, 0.717) is 26.1 Å². The van der Waals surface area contributed by atoms with Gasteiger partial charge in [-0.25, -0.2) is 0 Å². The summed E-state index contributed by atoms with van der Waals surface area (Å²) in [5, 5.41) is 19.3. The molecule has 0 bridgehead atoms. The number of ether oxygens (including phenoxy) is 1. The molecule has 0 aromatic heterocycles. The number of nitrogens with zero attached hydrogens (tertiary/aromatic N) is 1. The van der Waals surface area contributed by atoms with Gasteiger partial charge < -0.3 is 19.8 Å². The topological polar surface area (TPSA) is 87.1 Å². The van der Waals surface area contributed by atoms with E-state index in [1.54, 1.807) is 0 Å². The number of carbonyl (C=O) groups excluding carboxylic acids is 2. The molecular formula is C17H25NO5. The van der Waals surface area contributed by atoms with Crippen LogP contribution < -0.4 is 0 Å². The Labute approximate surface area is 136 Å². The van der Waals surface area contributed by atoms with E-state index in [2.05, 4.69) is 0 Å². The van der Waals surface area contributed by atoms with E-state index < -0.39 is 23.9 Å². The molecule has 0 radical (unpaired) electrons. The lowest BCUT2D eigenvalue weighted by atomic mass is 10.0. The van der Waals surface area contributed by atoms with Crippen LogP contribution in [0.25, 0.3) is 0 Å². The van der Waals surface area contributed by atoms with Crippen LogP contribution >= 0.6 is 0 Å². The largest absolute Gasteiger partial charge is 0.382 e. The second-order valence-electron chi connectivity index (χ2n) is 5.58.